The molecule has 0 unspecified atom stereocenters. The minimum absolute atomic E-state index is 0.475. The van der Waals surface area contributed by atoms with E-state index in [9.17, 15) is 5.26 Å². The van der Waals surface area contributed by atoms with Gasteiger partial charge in [0.15, 0.2) is 0 Å². The largest absolute Gasteiger partial charge is 0.319 e. The third kappa shape index (κ3) is 4.46. The Morgan fingerprint density at radius 3 is 1.72 bits per heavy atom. The van der Waals surface area contributed by atoms with E-state index in [0.717, 1.165) is 76.3 Å². The fourth-order valence-corrected chi connectivity index (χ4v) is 10.3. The molecule has 0 bridgehead atoms. The number of fused-ring (bicyclic) bond motifs is 13. The number of benzene rings is 9. The monoisotopic (exact) mass is 740 g/mol. The third-order valence-corrected chi connectivity index (χ3v) is 12.9. The fraction of sp³-hybridized carbons (Fsp3) is 0. The molecule has 3 heterocycles. The van der Waals surface area contributed by atoms with Gasteiger partial charge in [-0.1, -0.05) is 109 Å². The van der Waals surface area contributed by atoms with Crippen molar-refractivity contribution in [1.29, 1.82) is 5.26 Å². The first-order valence-electron chi connectivity index (χ1n) is 18.9. The first-order chi connectivity index (χ1) is 28.2. The highest BCUT2D eigenvalue weighted by molar-refractivity contribution is 7.25. The number of nitrogens with zero attached hydrogens (tertiary/aromatic N) is 4. The summed E-state index contributed by atoms with van der Waals surface area (Å²) in [7, 11) is 0. The molecule has 0 aliphatic carbocycles. The van der Waals surface area contributed by atoms with Crippen molar-refractivity contribution in [3.8, 4) is 28.6 Å². The van der Waals surface area contributed by atoms with E-state index in [0.29, 0.717) is 22.6 Å². The molecule has 0 saturated carbocycles. The molecule has 4 nitrogen and oxygen atoms in total. The Hall–Kier alpha value is -7.70. The Labute approximate surface area is 330 Å². The van der Waals surface area contributed by atoms with Gasteiger partial charge in [-0.3, -0.25) is 0 Å². The van der Waals surface area contributed by atoms with Crippen molar-refractivity contribution in [1.82, 2.24) is 9.13 Å². The SMILES string of the molecule is [C-]#[N+]c1cc(-n2c3ccc(-c4ccc5sc6ccccc6c5c4)cc3c3c4ccccc4ccc32)c(C#N)cc1-n1c2ccccc2c2c3ccccc3ccc21. The molecular weight excluding hydrogens is 713 g/mol. The molecule has 0 N–H and O–H groups in total. The van der Waals surface area contributed by atoms with Crippen LogP contribution in [0.15, 0.2) is 170 Å². The molecule has 12 aromatic rings. The number of nitriles is 1. The van der Waals surface area contributed by atoms with Crippen LogP contribution in [-0.2, 0) is 0 Å². The summed E-state index contributed by atoms with van der Waals surface area (Å²) in [6.45, 7) is 8.56. The third-order valence-electron chi connectivity index (χ3n) is 11.7. The first kappa shape index (κ1) is 31.6. The van der Waals surface area contributed by atoms with Crippen molar-refractivity contribution in [2.75, 3.05) is 0 Å². The van der Waals surface area contributed by atoms with Gasteiger partial charge in [-0.05, 0) is 93.3 Å². The highest BCUT2D eigenvalue weighted by Crippen LogP contribution is 2.44. The molecule has 5 heteroatoms. The summed E-state index contributed by atoms with van der Waals surface area (Å²) >= 11 is 1.83. The number of hydrogen-bond donors (Lipinski definition) is 0. The van der Waals surface area contributed by atoms with Gasteiger partial charge in [-0.15, -0.1) is 11.3 Å². The van der Waals surface area contributed by atoms with Gasteiger partial charge >= 0.3 is 0 Å². The van der Waals surface area contributed by atoms with Gasteiger partial charge in [0.05, 0.1) is 45.6 Å². The minimum Gasteiger partial charge on any atom is -0.319 e. The number of aromatic nitrogens is 2. The van der Waals surface area contributed by atoms with Crippen molar-refractivity contribution in [2.45, 2.75) is 0 Å². The molecule has 262 valence electrons. The molecule has 0 spiro atoms. The zero-order valence-corrected chi connectivity index (χ0v) is 31.2. The summed E-state index contributed by atoms with van der Waals surface area (Å²) in [6, 6.07) is 62.3. The van der Waals surface area contributed by atoms with Crippen LogP contribution in [0.2, 0.25) is 0 Å². The van der Waals surface area contributed by atoms with Crippen molar-refractivity contribution >= 4 is 102 Å². The van der Waals surface area contributed by atoms with E-state index >= 15 is 0 Å². The Kier molecular flexibility index (Phi) is 6.60. The summed E-state index contributed by atoms with van der Waals surface area (Å²) in [6.07, 6.45) is 0. The molecule has 57 heavy (non-hydrogen) atoms. The molecule has 9 aromatic carbocycles. The molecule has 3 aromatic heterocycles. The fourth-order valence-electron chi connectivity index (χ4n) is 9.24. The zero-order chi connectivity index (χ0) is 37.8. The van der Waals surface area contributed by atoms with Crippen molar-refractivity contribution in [3.05, 3.63) is 187 Å². The lowest BCUT2D eigenvalue weighted by Gasteiger charge is -2.16. The van der Waals surface area contributed by atoms with Crippen LogP contribution in [0.4, 0.5) is 5.69 Å². The van der Waals surface area contributed by atoms with Crippen LogP contribution in [-0.4, -0.2) is 9.13 Å². The van der Waals surface area contributed by atoms with Gasteiger partial charge in [0.2, 0.25) is 5.69 Å². The van der Waals surface area contributed by atoms with Crippen LogP contribution in [0.1, 0.15) is 5.56 Å². The smallest absolute Gasteiger partial charge is 0.212 e. The average molecular weight is 741 g/mol. The van der Waals surface area contributed by atoms with E-state index in [1.165, 1.54) is 20.2 Å². The highest BCUT2D eigenvalue weighted by Gasteiger charge is 2.23. The average Bonchev–Trinajstić information content (AvgIpc) is 3.93. The number of rotatable bonds is 3. The van der Waals surface area contributed by atoms with Crippen molar-refractivity contribution in [2.24, 2.45) is 0 Å². The maximum Gasteiger partial charge on any atom is 0.212 e. The first-order valence-corrected chi connectivity index (χ1v) is 19.7. The Morgan fingerprint density at radius 1 is 0.456 bits per heavy atom. The second-order valence-electron chi connectivity index (χ2n) is 14.7. The van der Waals surface area contributed by atoms with Gasteiger partial charge in [0.25, 0.3) is 0 Å². The molecule has 0 radical (unpaired) electrons. The summed E-state index contributed by atoms with van der Waals surface area (Å²) < 4.78 is 6.92. The minimum atomic E-state index is 0.475. The standard InChI is InChI=1S/C52H28N4S/c1-54-42-29-47(35(30-53)28-48(42)56-43-16-8-6-15-39(43)51-36-12-4-2-10-31(36)18-23-45(51)56)55-44-22-20-33(27-41(44)52-37-13-5-3-11-32(37)19-24-46(52)55)34-21-25-50-40(26-34)38-14-7-9-17-49(38)57-50/h2-29H. The Morgan fingerprint density at radius 2 is 1.00 bits per heavy atom. The summed E-state index contributed by atoms with van der Waals surface area (Å²) in [4.78, 5) is 4.16. The maximum atomic E-state index is 11.0. The van der Waals surface area contributed by atoms with Crippen LogP contribution in [0.3, 0.4) is 0 Å². The van der Waals surface area contributed by atoms with Gasteiger partial charge in [0.1, 0.15) is 6.07 Å². The van der Waals surface area contributed by atoms with Crippen LogP contribution >= 0.6 is 11.3 Å². The van der Waals surface area contributed by atoms with E-state index in [1.54, 1.807) is 0 Å². The van der Waals surface area contributed by atoms with Crippen LogP contribution in [0.5, 0.6) is 0 Å². The lowest BCUT2D eigenvalue weighted by atomic mass is 9.99. The van der Waals surface area contributed by atoms with E-state index in [-0.39, 0.29) is 0 Å². The molecule has 12 rings (SSSR count). The van der Waals surface area contributed by atoms with E-state index in [2.05, 4.69) is 172 Å². The summed E-state index contributed by atoms with van der Waals surface area (Å²) in [5.41, 5.74) is 8.60. The van der Waals surface area contributed by atoms with Gasteiger partial charge < -0.3 is 9.13 Å². The molecule has 0 amide bonds. The Balaban J connectivity index is 1.13. The molecule has 0 aliphatic heterocycles. The normalized spacial score (nSPS) is 11.8. The number of thiophene rings is 1. The van der Waals surface area contributed by atoms with E-state index < -0.39 is 0 Å². The molecule has 0 aliphatic rings. The van der Waals surface area contributed by atoms with Crippen molar-refractivity contribution < 1.29 is 0 Å². The van der Waals surface area contributed by atoms with Gasteiger partial charge in [-0.2, -0.15) is 5.26 Å². The Bertz CT molecular complexity index is 3790. The second kappa shape index (κ2) is 11.9. The van der Waals surface area contributed by atoms with E-state index in [1.807, 2.05) is 29.5 Å². The topological polar surface area (TPSA) is 38.0 Å². The lowest BCUT2D eigenvalue weighted by molar-refractivity contribution is 1.14. The molecule has 0 fully saturated rings. The van der Waals surface area contributed by atoms with Crippen LogP contribution in [0, 0.1) is 17.9 Å². The lowest BCUT2D eigenvalue weighted by Crippen LogP contribution is -2.01. The number of hydrogen-bond acceptors (Lipinski definition) is 2. The molecule has 0 saturated heterocycles. The summed E-state index contributed by atoms with van der Waals surface area (Å²) in [5, 5.41) is 22.6. The quantitative estimate of drug-likeness (QED) is 0.166. The predicted molar refractivity (Wildman–Crippen MR) is 239 cm³/mol. The second-order valence-corrected chi connectivity index (χ2v) is 15.8. The maximum absolute atomic E-state index is 11.0. The van der Waals surface area contributed by atoms with Gasteiger partial charge in [0, 0.05) is 41.7 Å². The summed E-state index contributed by atoms with van der Waals surface area (Å²) in [5.74, 6) is 0. The zero-order valence-electron chi connectivity index (χ0n) is 30.4. The predicted octanol–water partition coefficient (Wildman–Crippen LogP) is 14.6. The van der Waals surface area contributed by atoms with Crippen LogP contribution < -0.4 is 0 Å². The van der Waals surface area contributed by atoms with Crippen LogP contribution in [0.25, 0.3) is 113 Å². The van der Waals surface area contributed by atoms with Gasteiger partial charge in [-0.25, -0.2) is 4.85 Å². The molecule has 0 atom stereocenters. The number of para-hydroxylation sites is 1. The van der Waals surface area contributed by atoms with E-state index in [4.69, 9.17) is 6.57 Å². The highest BCUT2D eigenvalue weighted by atomic mass is 32.1. The molecular formula is C52H28N4S. The van der Waals surface area contributed by atoms with Crippen molar-refractivity contribution in [3.63, 3.8) is 0 Å².